The van der Waals surface area contributed by atoms with Gasteiger partial charge >= 0.3 is 5.97 Å². The van der Waals surface area contributed by atoms with Gasteiger partial charge in [-0.15, -0.1) is 0 Å². The molecule has 0 radical (unpaired) electrons. The number of aryl methyl sites for hydroxylation is 1. The summed E-state index contributed by atoms with van der Waals surface area (Å²) in [5.41, 5.74) is 7.19. The number of carbonyl (C=O) groups is 1. The Morgan fingerprint density at radius 1 is 1.05 bits per heavy atom. The maximum atomic E-state index is 11.3. The van der Waals surface area contributed by atoms with Gasteiger partial charge in [-0.2, -0.15) is 0 Å². The quantitative estimate of drug-likeness (QED) is 0.857. The van der Waals surface area contributed by atoms with Crippen LogP contribution in [0, 0.1) is 6.92 Å². The van der Waals surface area contributed by atoms with E-state index in [1.165, 1.54) is 22.3 Å². The fraction of sp³-hybridized carbons (Fsp3) is 0.350. The van der Waals surface area contributed by atoms with Gasteiger partial charge in [0, 0.05) is 5.92 Å². The van der Waals surface area contributed by atoms with Crippen molar-refractivity contribution < 1.29 is 9.90 Å². The van der Waals surface area contributed by atoms with E-state index >= 15 is 0 Å². The van der Waals surface area contributed by atoms with E-state index in [2.05, 4.69) is 64.1 Å². The molecule has 3 rings (SSSR count). The number of fused-ring (bicyclic) bond motifs is 3. The van der Waals surface area contributed by atoms with Crippen LogP contribution in [-0.2, 0) is 10.2 Å². The van der Waals surface area contributed by atoms with Crippen LogP contribution in [0.5, 0.6) is 0 Å². The normalized spacial score (nSPS) is 16.3. The smallest absolute Gasteiger partial charge is 0.304 e. The molecule has 1 N–H and O–H groups in total. The summed E-state index contributed by atoms with van der Waals surface area (Å²) in [5.74, 6) is -0.781. The predicted octanol–water partition coefficient (Wildman–Crippen LogP) is 4.88. The summed E-state index contributed by atoms with van der Waals surface area (Å²) in [5, 5.41) is 9.32. The number of hydrogen-bond acceptors (Lipinski definition) is 1. The summed E-state index contributed by atoms with van der Waals surface area (Å²) in [7, 11) is 0. The van der Waals surface area contributed by atoms with Crippen molar-refractivity contribution in [1.29, 1.82) is 0 Å². The Hall–Kier alpha value is -2.09. The zero-order valence-corrected chi connectivity index (χ0v) is 13.6. The molecule has 2 aromatic rings. The summed E-state index contributed by atoms with van der Waals surface area (Å²) < 4.78 is 0. The fourth-order valence-corrected chi connectivity index (χ4v) is 3.34. The monoisotopic (exact) mass is 294 g/mol. The largest absolute Gasteiger partial charge is 0.481 e. The number of benzene rings is 2. The standard InChI is InChI=1S/C20H22O2/c1-12-5-7-14-15-8-6-13(20(2,3)4)10-17(15)18(11-19(21)22)16(14)9-12/h5-10,18H,11H2,1-4H3,(H,21,22). The first-order valence-corrected chi connectivity index (χ1v) is 7.74. The van der Waals surface area contributed by atoms with Crippen LogP contribution in [0.4, 0.5) is 0 Å². The molecule has 0 aromatic heterocycles. The molecule has 2 heteroatoms. The molecule has 22 heavy (non-hydrogen) atoms. The first-order valence-electron chi connectivity index (χ1n) is 7.74. The topological polar surface area (TPSA) is 37.3 Å². The summed E-state index contributed by atoms with van der Waals surface area (Å²) in [6.45, 7) is 8.62. The average molecular weight is 294 g/mol. The predicted molar refractivity (Wildman–Crippen MR) is 89.4 cm³/mol. The SMILES string of the molecule is Cc1ccc2c(c1)C(CC(=O)O)c1cc(C(C)(C)C)ccc1-2. The molecule has 0 spiro atoms. The molecule has 1 aliphatic carbocycles. The van der Waals surface area contributed by atoms with Crippen LogP contribution in [0.3, 0.4) is 0 Å². The zero-order valence-electron chi connectivity index (χ0n) is 13.6. The van der Waals surface area contributed by atoms with Crippen LogP contribution in [0.1, 0.15) is 55.4 Å². The third-order valence-corrected chi connectivity index (χ3v) is 4.54. The fourth-order valence-electron chi connectivity index (χ4n) is 3.34. The van der Waals surface area contributed by atoms with Crippen molar-refractivity contribution in [2.45, 2.75) is 45.4 Å². The molecular formula is C20H22O2. The average Bonchev–Trinajstić information content (AvgIpc) is 2.71. The second kappa shape index (κ2) is 4.98. The van der Waals surface area contributed by atoms with Gasteiger partial charge in [0.15, 0.2) is 0 Å². The van der Waals surface area contributed by atoms with E-state index < -0.39 is 5.97 Å². The van der Waals surface area contributed by atoms with Crippen LogP contribution < -0.4 is 0 Å². The number of carboxylic acid groups (broad SMARTS) is 1. The molecule has 1 unspecified atom stereocenters. The van der Waals surface area contributed by atoms with E-state index in [0.29, 0.717) is 0 Å². The maximum absolute atomic E-state index is 11.3. The van der Waals surface area contributed by atoms with Gasteiger partial charge < -0.3 is 5.11 Å². The minimum atomic E-state index is -0.744. The maximum Gasteiger partial charge on any atom is 0.304 e. The summed E-state index contributed by atoms with van der Waals surface area (Å²) in [4.78, 5) is 11.3. The van der Waals surface area contributed by atoms with Crippen molar-refractivity contribution in [3.05, 3.63) is 58.7 Å². The molecule has 2 aromatic carbocycles. The Kier molecular flexibility index (Phi) is 3.36. The second-order valence-corrected chi connectivity index (χ2v) is 7.29. The molecule has 0 aliphatic heterocycles. The van der Waals surface area contributed by atoms with E-state index in [-0.39, 0.29) is 17.8 Å². The van der Waals surface area contributed by atoms with Gasteiger partial charge in [-0.1, -0.05) is 62.7 Å². The number of rotatable bonds is 2. The molecule has 0 fully saturated rings. The van der Waals surface area contributed by atoms with Crippen LogP contribution in [0.25, 0.3) is 11.1 Å². The van der Waals surface area contributed by atoms with Crippen LogP contribution in [0.2, 0.25) is 0 Å². The molecule has 0 bridgehead atoms. The van der Waals surface area contributed by atoms with Gasteiger partial charge in [0.05, 0.1) is 6.42 Å². The van der Waals surface area contributed by atoms with Crippen LogP contribution in [0.15, 0.2) is 36.4 Å². The molecular weight excluding hydrogens is 272 g/mol. The van der Waals surface area contributed by atoms with Gasteiger partial charge in [0.1, 0.15) is 0 Å². The minimum absolute atomic E-state index is 0.0373. The molecule has 0 saturated carbocycles. The third kappa shape index (κ3) is 2.43. The number of aliphatic carboxylic acids is 1. The lowest BCUT2D eigenvalue weighted by Gasteiger charge is -2.21. The molecule has 0 heterocycles. The van der Waals surface area contributed by atoms with Gasteiger partial charge in [-0.3, -0.25) is 4.79 Å². The zero-order chi connectivity index (χ0) is 16.1. The van der Waals surface area contributed by atoms with Crippen molar-refractivity contribution in [3.8, 4) is 11.1 Å². The summed E-state index contributed by atoms with van der Waals surface area (Å²) in [6.07, 6.45) is 0.150. The Morgan fingerprint density at radius 3 is 2.23 bits per heavy atom. The van der Waals surface area contributed by atoms with Crippen LogP contribution in [-0.4, -0.2) is 11.1 Å². The van der Waals surface area contributed by atoms with Crippen molar-refractivity contribution in [1.82, 2.24) is 0 Å². The van der Waals surface area contributed by atoms with E-state index in [4.69, 9.17) is 0 Å². The van der Waals surface area contributed by atoms with E-state index in [1.807, 2.05) is 0 Å². The summed E-state index contributed by atoms with van der Waals surface area (Å²) in [6, 6.07) is 12.9. The highest BCUT2D eigenvalue weighted by Gasteiger charge is 2.31. The highest BCUT2D eigenvalue weighted by molar-refractivity contribution is 5.82. The molecule has 0 saturated heterocycles. The van der Waals surface area contributed by atoms with Gasteiger partial charge in [-0.05, 0) is 40.2 Å². The highest BCUT2D eigenvalue weighted by Crippen LogP contribution is 2.47. The lowest BCUT2D eigenvalue weighted by atomic mass is 9.83. The lowest BCUT2D eigenvalue weighted by molar-refractivity contribution is -0.137. The first kappa shape index (κ1) is 14.8. The minimum Gasteiger partial charge on any atom is -0.481 e. The second-order valence-electron chi connectivity index (χ2n) is 7.29. The van der Waals surface area contributed by atoms with Crippen molar-refractivity contribution in [2.24, 2.45) is 0 Å². The third-order valence-electron chi connectivity index (χ3n) is 4.54. The van der Waals surface area contributed by atoms with Gasteiger partial charge in [0.25, 0.3) is 0 Å². The number of hydrogen-bond donors (Lipinski definition) is 1. The molecule has 1 aliphatic rings. The van der Waals surface area contributed by atoms with Crippen molar-refractivity contribution >= 4 is 5.97 Å². The van der Waals surface area contributed by atoms with E-state index in [9.17, 15) is 9.90 Å². The highest BCUT2D eigenvalue weighted by atomic mass is 16.4. The molecule has 1 atom stereocenters. The molecule has 0 amide bonds. The van der Waals surface area contributed by atoms with E-state index in [1.54, 1.807) is 0 Å². The van der Waals surface area contributed by atoms with Gasteiger partial charge in [0.2, 0.25) is 0 Å². The summed E-state index contributed by atoms with van der Waals surface area (Å²) >= 11 is 0. The van der Waals surface area contributed by atoms with E-state index in [0.717, 1.165) is 11.1 Å². The Balaban J connectivity index is 2.20. The first-order chi connectivity index (χ1) is 10.3. The van der Waals surface area contributed by atoms with Crippen LogP contribution >= 0.6 is 0 Å². The Labute approximate surface area is 131 Å². The Bertz CT molecular complexity index is 751. The lowest BCUT2D eigenvalue weighted by Crippen LogP contribution is -2.12. The Morgan fingerprint density at radius 2 is 1.64 bits per heavy atom. The van der Waals surface area contributed by atoms with Crippen molar-refractivity contribution in [3.63, 3.8) is 0 Å². The number of carboxylic acids is 1. The molecule has 114 valence electrons. The molecule has 2 nitrogen and oxygen atoms in total. The van der Waals surface area contributed by atoms with Gasteiger partial charge in [-0.25, -0.2) is 0 Å². The van der Waals surface area contributed by atoms with Crippen molar-refractivity contribution in [2.75, 3.05) is 0 Å².